The Morgan fingerprint density at radius 2 is 1.83 bits per heavy atom. The fourth-order valence-electron chi connectivity index (χ4n) is 3.11. The summed E-state index contributed by atoms with van der Waals surface area (Å²) in [4.78, 5) is 28.6. The number of aromatic nitrogens is 1. The van der Waals surface area contributed by atoms with E-state index in [9.17, 15) is 14.7 Å². The molecule has 1 atom stereocenters. The summed E-state index contributed by atoms with van der Waals surface area (Å²) in [5, 5.41) is 12.5. The van der Waals surface area contributed by atoms with E-state index in [4.69, 9.17) is 16.3 Å². The molecule has 0 spiro atoms. The summed E-state index contributed by atoms with van der Waals surface area (Å²) in [6.45, 7) is 5.59. The molecule has 0 aliphatic heterocycles. The Morgan fingerprint density at radius 3 is 2.53 bits per heavy atom. The van der Waals surface area contributed by atoms with E-state index in [1.165, 1.54) is 18.3 Å². The van der Waals surface area contributed by atoms with Gasteiger partial charge in [0.05, 0.1) is 16.6 Å². The van der Waals surface area contributed by atoms with Gasteiger partial charge in [-0.05, 0) is 50.1 Å². The Bertz CT molecular complexity index is 1110. The molecular weight excluding hydrogens is 404 g/mol. The van der Waals surface area contributed by atoms with E-state index < -0.39 is 17.9 Å². The van der Waals surface area contributed by atoms with Crippen LogP contribution in [-0.4, -0.2) is 22.0 Å². The van der Waals surface area contributed by atoms with E-state index in [0.29, 0.717) is 11.3 Å². The van der Waals surface area contributed by atoms with Crippen LogP contribution in [0.5, 0.6) is 11.6 Å². The fourth-order valence-corrected chi connectivity index (χ4v) is 3.27. The van der Waals surface area contributed by atoms with E-state index in [-0.39, 0.29) is 22.0 Å². The van der Waals surface area contributed by atoms with Crippen molar-refractivity contribution in [2.24, 2.45) is 0 Å². The van der Waals surface area contributed by atoms with Gasteiger partial charge in [-0.25, -0.2) is 9.78 Å². The number of carboxylic acid groups (broad SMARTS) is 1. The third kappa shape index (κ3) is 4.78. The van der Waals surface area contributed by atoms with Crippen LogP contribution in [0.1, 0.15) is 50.4 Å². The van der Waals surface area contributed by atoms with Crippen LogP contribution in [-0.2, 0) is 0 Å². The number of nitrogens with one attached hydrogen (secondary N) is 1. The molecule has 1 heterocycles. The van der Waals surface area contributed by atoms with Gasteiger partial charge < -0.3 is 15.2 Å². The lowest BCUT2D eigenvalue weighted by molar-refractivity contribution is 0.0693. The number of hydrogen-bond acceptors (Lipinski definition) is 4. The van der Waals surface area contributed by atoms with Crippen LogP contribution in [0.2, 0.25) is 5.02 Å². The predicted octanol–water partition coefficient (Wildman–Crippen LogP) is 5.33. The smallest absolute Gasteiger partial charge is 0.336 e. The largest absolute Gasteiger partial charge is 0.478 e. The average Bonchev–Trinajstić information content (AvgIpc) is 2.71. The van der Waals surface area contributed by atoms with Crippen LogP contribution in [0.3, 0.4) is 0 Å². The molecule has 0 bridgehead atoms. The maximum absolute atomic E-state index is 13.0. The lowest BCUT2D eigenvalue weighted by atomic mass is 10.0. The normalized spacial score (nSPS) is 11.6. The molecule has 6 nitrogen and oxygen atoms in total. The summed E-state index contributed by atoms with van der Waals surface area (Å²) < 4.78 is 5.90. The van der Waals surface area contributed by atoms with Gasteiger partial charge in [-0.2, -0.15) is 0 Å². The number of carbonyl (C=O) groups excluding carboxylic acids is 1. The minimum absolute atomic E-state index is 0.113. The molecular formula is C23H21ClN2O4. The highest BCUT2D eigenvalue weighted by Crippen LogP contribution is 2.29. The van der Waals surface area contributed by atoms with E-state index in [1.54, 1.807) is 25.1 Å². The number of hydrogen-bond donors (Lipinski definition) is 2. The first-order valence-corrected chi connectivity index (χ1v) is 9.67. The first-order chi connectivity index (χ1) is 14.3. The zero-order valence-corrected chi connectivity index (χ0v) is 17.5. The molecule has 1 aromatic heterocycles. The molecule has 7 heteroatoms. The molecule has 2 N–H and O–H groups in total. The van der Waals surface area contributed by atoms with Crippen molar-refractivity contribution in [2.75, 3.05) is 0 Å². The maximum Gasteiger partial charge on any atom is 0.336 e. The Labute approximate surface area is 179 Å². The second-order valence-electron chi connectivity index (χ2n) is 6.96. The van der Waals surface area contributed by atoms with Crippen molar-refractivity contribution in [1.29, 1.82) is 0 Å². The topological polar surface area (TPSA) is 88.5 Å². The van der Waals surface area contributed by atoms with Gasteiger partial charge in [0.2, 0.25) is 5.88 Å². The minimum atomic E-state index is -1.06. The molecule has 0 radical (unpaired) electrons. The van der Waals surface area contributed by atoms with Crippen LogP contribution < -0.4 is 10.1 Å². The zero-order valence-electron chi connectivity index (χ0n) is 16.8. The predicted molar refractivity (Wildman–Crippen MR) is 115 cm³/mol. The summed E-state index contributed by atoms with van der Waals surface area (Å²) in [6.07, 6.45) is 1.40. The van der Waals surface area contributed by atoms with Gasteiger partial charge in [-0.15, -0.1) is 0 Å². The molecule has 0 saturated carbocycles. The molecule has 0 fully saturated rings. The average molecular weight is 425 g/mol. The molecule has 2 aromatic carbocycles. The number of carboxylic acids is 1. The molecule has 3 aromatic rings. The number of benzene rings is 2. The van der Waals surface area contributed by atoms with Crippen LogP contribution in [0.4, 0.5) is 0 Å². The van der Waals surface area contributed by atoms with Crippen molar-refractivity contribution >= 4 is 23.5 Å². The lowest BCUT2D eigenvalue weighted by Gasteiger charge is -2.18. The highest BCUT2D eigenvalue weighted by atomic mass is 35.5. The number of nitrogens with zero attached hydrogens (tertiary/aromatic N) is 1. The van der Waals surface area contributed by atoms with Gasteiger partial charge in [0, 0.05) is 6.20 Å². The van der Waals surface area contributed by atoms with Gasteiger partial charge in [0.15, 0.2) is 0 Å². The van der Waals surface area contributed by atoms with E-state index in [0.717, 1.165) is 11.1 Å². The molecule has 0 unspecified atom stereocenters. The van der Waals surface area contributed by atoms with E-state index in [2.05, 4.69) is 10.3 Å². The van der Waals surface area contributed by atoms with Crippen LogP contribution in [0.25, 0.3) is 0 Å². The first kappa shape index (κ1) is 21.3. The zero-order chi connectivity index (χ0) is 21.8. The highest BCUT2D eigenvalue weighted by molar-refractivity contribution is 6.30. The summed E-state index contributed by atoms with van der Waals surface area (Å²) in [5.74, 6) is -0.844. The number of rotatable bonds is 6. The second kappa shape index (κ2) is 8.97. The molecule has 0 aliphatic carbocycles. The summed E-state index contributed by atoms with van der Waals surface area (Å²) in [6, 6.07) is 13.1. The van der Waals surface area contributed by atoms with Gasteiger partial charge >= 0.3 is 5.97 Å². The van der Waals surface area contributed by atoms with Crippen molar-refractivity contribution in [2.45, 2.75) is 26.8 Å². The summed E-state index contributed by atoms with van der Waals surface area (Å²) in [7, 11) is 0. The Kier molecular flexibility index (Phi) is 6.37. The number of halogens is 1. The summed E-state index contributed by atoms with van der Waals surface area (Å²) >= 11 is 6.06. The molecule has 0 saturated heterocycles. The standard InChI is InChI=1S/C23H21ClN2O4/c1-13-8-9-20(14(2)10-13)30-22-19(11-16(24)12-25-22)21(27)26-15(3)17-6-4-5-7-18(17)23(28)29/h4-12,15H,1-3H3,(H,26,27)(H,28,29)/t15-/m0/s1. The number of aryl methyl sites for hydroxylation is 2. The van der Waals surface area contributed by atoms with Gasteiger partial charge in [-0.3, -0.25) is 4.79 Å². The molecule has 30 heavy (non-hydrogen) atoms. The molecule has 0 aliphatic rings. The number of ether oxygens (including phenoxy) is 1. The number of aromatic carboxylic acids is 1. The van der Waals surface area contributed by atoms with E-state index in [1.807, 2.05) is 32.0 Å². The van der Waals surface area contributed by atoms with Crippen molar-refractivity contribution < 1.29 is 19.4 Å². The second-order valence-corrected chi connectivity index (χ2v) is 7.40. The fraction of sp³-hybridized carbons (Fsp3) is 0.174. The van der Waals surface area contributed by atoms with E-state index >= 15 is 0 Å². The van der Waals surface area contributed by atoms with Crippen molar-refractivity contribution in [3.63, 3.8) is 0 Å². The Morgan fingerprint density at radius 1 is 1.10 bits per heavy atom. The SMILES string of the molecule is Cc1ccc(Oc2ncc(Cl)cc2C(=O)N[C@@H](C)c2ccccc2C(=O)O)c(C)c1. The number of carbonyl (C=O) groups is 2. The monoisotopic (exact) mass is 424 g/mol. The van der Waals surface area contributed by atoms with Crippen molar-refractivity contribution in [3.8, 4) is 11.6 Å². The van der Waals surface area contributed by atoms with Crippen LogP contribution in [0.15, 0.2) is 54.7 Å². The third-order valence-corrected chi connectivity index (χ3v) is 4.81. The van der Waals surface area contributed by atoms with Crippen molar-refractivity contribution in [1.82, 2.24) is 10.3 Å². The Hall–Kier alpha value is -3.38. The highest BCUT2D eigenvalue weighted by Gasteiger charge is 2.21. The summed E-state index contributed by atoms with van der Waals surface area (Å²) in [5.41, 5.74) is 2.77. The maximum atomic E-state index is 13.0. The van der Waals surface area contributed by atoms with Gasteiger partial charge in [0.25, 0.3) is 5.91 Å². The molecule has 3 rings (SSSR count). The van der Waals surface area contributed by atoms with Gasteiger partial charge in [0.1, 0.15) is 11.3 Å². The quantitative estimate of drug-likeness (QED) is 0.558. The molecule has 1 amide bonds. The first-order valence-electron chi connectivity index (χ1n) is 9.30. The number of amides is 1. The lowest BCUT2D eigenvalue weighted by Crippen LogP contribution is -2.28. The van der Waals surface area contributed by atoms with Gasteiger partial charge in [-0.1, -0.05) is 47.5 Å². The minimum Gasteiger partial charge on any atom is -0.478 e. The molecule has 154 valence electrons. The Balaban J connectivity index is 1.89. The third-order valence-electron chi connectivity index (χ3n) is 4.60. The van der Waals surface area contributed by atoms with Crippen molar-refractivity contribution in [3.05, 3.63) is 87.6 Å². The van der Waals surface area contributed by atoms with Crippen LogP contribution in [0, 0.1) is 13.8 Å². The van der Waals surface area contributed by atoms with Crippen LogP contribution >= 0.6 is 11.6 Å². The number of pyridine rings is 1.